The first kappa shape index (κ1) is 13.3. The molecule has 0 aliphatic carbocycles. The van der Waals surface area contributed by atoms with Crippen LogP contribution in [0, 0.1) is 5.92 Å². The number of carbonyl (C=O) groups is 1. The second-order valence-corrected chi connectivity index (χ2v) is 5.09. The number of hydrogen-bond donors (Lipinski definition) is 0. The van der Waals surface area contributed by atoms with Crippen LogP contribution in [0.1, 0.15) is 61.0 Å². The summed E-state index contributed by atoms with van der Waals surface area (Å²) in [4.78, 5) is 12.4. The molecular formula is C16H22O2. The topological polar surface area (TPSA) is 26.3 Å². The van der Waals surface area contributed by atoms with Gasteiger partial charge in [-0.25, -0.2) is 0 Å². The van der Waals surface area contributed by atoms with E-state index in [1.807, 2.05) is 18.2 Å². The Bertz CT molecular complexity index is 423. The molecule has 0 saturated heterocycles. The third-order valence-electron chi connectivity index (χ3n) is 3.78. The molecule has 1 aliphatic heterocycles. The molecule has 1 heterocycles. The number of ether oxygens (including phenoxy) is 1. The molecule has 2 heteroatoms. The number of fused-ring (bicyclic) bond motifs is 1. The Labute approximate surface area is 109 Å². The molecule has 98 valence electrons. The highest BCUT2D eigenvalue weighted by Gasteiger charge is 2.20. The molecule has 0 spiro atoms. The fraction of sp³-hybridized carbons (Fsp3) is 0.562. The quantitative estimate of drug-likeness (QED) is 0.706. The van der Waals surface area contributed by atoms with E-state index < -0.39 is 0 Å². The molecule has 0 radical (unpaired) electrons. The Kier molecular flexibility index (Phi) is 4.54. The molecule has 1 aromatic carbocycles. The van der Waals surface area contributed by atoms with Gasteiger partial charge in [0.25, 0.3) is 0 Å². The van der Waals surface area contributed by atoms with Crippen molar-refractivity contribution in [3.63, 3.8) is 0 Å². The minimum atomic E-state index is 0.185. The molecule has 18 heavy (non-hydrogen) atoms. The lowest BCUT2D eigenvalue weighted by Gasteiger charge is -2.13. The largest absolute Gasteiger partial charge is 0.372 e. The van der Waals surface area contributed by atoms with Crippen LogP contribution in [0.3, 0.4) is 0 Å². The second kappa shape index (κ2) is 6.14. The van der Waals surface area contributed by atoms with Crippen molar-refractivity contribution >= 4 is 5.78 Å². The van der Waals surface area contributed by atoms with Crippen molar-refractivity contribution in [3.8, 4) is 0 Å². The maximum absolute atomic E-state index is 12.4. The van der Waals surface area contributed by atoms with Crippen molar-refractivity contribution in [2.24, 2.45) is 5.92 Å². The summed E-state index contributed by atoms with van der Waals surface area (Å²) in [6.07, 6.45) is 4.24. The van der Waals surface area contributed by atoms with Gasteiger partial charge in [0.1, 0.15) is 0 Å². The summed E-state index contributed by atoms with van der Waals surface area (Å²) in [5.74, 6) is 0.492. The Morgan fingerprint density at radius 1 is 1.28 bits per heavy atom. The van der Waals surface area contributed by atoms with Crippen molar-refractivity contribution < 1.29 is 9.53 Å². The van der Waals surface area contributed by atoms with Gasteiger partial charge in [-0.15, -0.1) is 0 Å². The number of Topliss-reactive ketones (excluding diaryl/α,β-unsaturated/α-hetero) is 1. The lowest BCUT2D eigenvalue weighted by Crippen LogP contribution is -2.14. The molecule has 1 atom stereocenters. The fourth-order valence-electron chi connectivity index (χ4n) is 2.53. The number of unbranched alkanes of at least 4 members (excludes halogenated alkanes) is 1. The molecule has 0 bridgehead atoms. The molecule has 1 unspecified atom stereocenters. The van der Waals surface area contributed by atoms with Crippen molar-refractivity contribution in [2.75, 3.05) is 0 Å². The Balaban J connectivity index is 2.12. The van der Waals surface area contributed by atoms with Gasteiger partial charge in [-0.05, 0) is 30.0 Å². The van der Waals surface area contributed by atoms with Gasteiger partial charge in [-0.1, -0.05) is 38.8 Å². The summed E-state index contributed by atoms with van der Waals surface area (Å²) in [6, 6.07) is 6.03. The van der Waals surface area contributed by atoms with Crippen molar-refractivity contribution in [1.82, 2.24) is 0 Å². The van der Waals surface area contributed by atoms with E-state index >= 15 is 0 Å². The lowest BCUT2D eigenvalue weighted by molar-refractivity contribution is 0.0908. The second-order valence-electron chi connectivity index (χ2n) is 5.09. The Hall–Kier alpha value is -1.15. The molecular weight excluding hydrogens is 224 g/mol. The van der Waals surface area contributed by atoms with Crippen molar-refractivity contribution in [2.45, 2.75) is 52.7 Å². The third kappa shape index (κ3) is 2.81. The number of benzene rings is 1. The van der Waals surface area contributed by atoms with Gasteiger partial charge in [0.2, 0.25) is 0 Å². The molecule has 0 aromatic heterocycles. The normalized spacial score (nSPS) is 15.4. The summed E-state index contributed by atoms with van der Waals surface area (Å²) < 4.78 is 5.39. The summed E-state index contributed by atoms with van der Waals surface area (Å²) in [5.41, 5.74) is 3.28. The van der Waals surface area contributed by atoms with Gasteiger partial charge < -0.3 is 4.74 Å². The van der Waals surface area contributed by atoms with E-state index in [4.69, 9.17) is 4.74 Å². The van der Waals surface area contributed by atoms with Gasteiger partial charge in [0, 0.05) is 11.5 Å². The monoisotopic (exact) mass is 246 g/mol. The zero-order valence-corrected chi connectivity index (χ0v) is 11.4. The maximum atomic E-state index is 12.4. The van der Waals surface area contributed by atoms with Gasteiger partial charge in [0.05, 0.1) is 13.2 Å². The van der Waals surface area contributed by atoms with E-state index in [2.05, 4.69) is 13.8 Å². The highest BCUT2D eigenvalue weighted by molar-refractivity contribution is 5.98. The first-order valence-electron chi connectivity index (χ1n) is 7.00. The number of rotatable bonds is 6. The Morgan fingerprint density at radius 3 is 2.78 bits per heavy atom. The average Bonchev–Trinajstić information content (AvgIpc) is 2.86. The highest BCUT2D eigenvalue weighted by atomic mass is 16.5. The molecule has 2 rings (SSSR count). The number of ketones is 1. The van der Waals surface area contributed by atoms with E-state index in [1.165, 1.54) is 11.1 Å². The molecule has 0 N–H and O–H groups in total. The van der Waals surface area contributed by atoms with Crippen LogP contribution in [0.4, 0.5) is 0 Å². The van der Waals surface area contributed by atoms with Gasteiger partial charge in [0.15, 0.2) is 5.78 Å². The zero-order chi connectivity index (χ0) is 13.0. The van der Waals surface area contributed by atoms with Crippen LogP contribution in [0.2, 0.25) is 0 Å². The molecule has 1 aromatic rings. The summed E-state index contributed by atoms with van der Waals surface area (Å²) in [6.45, 7) is 5.62. The molecule has 1 aliphatic rings. The fourth-order valence-corrected chi connectivity index (χ4v) is 2.53. The SMILES string of the molecule is CCCCC(CC)C(=O)c1ccc2c(c1)COC2. The average molecular weight is 246 g/mol. The van der Waals surface area contributed by atoms with E-state index in [-0.39, 0.29) is 5.92 Å². The van der Waals surface area contributed by atoms with E-state index in [0.29, 0.717) is 19.0 Å². The van der Waals surface area contributed by atoms with Crippen LogP contribution >= 0.6 is 0 Å². The first-order chi connectivity index (χ1) is 8.76. The summed E-state index contributed by atoms with van der Waals surface area (Å²) in [5, 5.41) is 0. The van der Waals surface area contributed by atoms with E-state index in [1.54, 1.807) is 0 Å². The van der Waals surface area contributed by atoms with Gasteiger partial charge in [-0.2, -0.15) is 0 Å². The van der Waals surface area contributed by atoms with Gasteiger partial charge in [-0.3, -0.25) is 4.79 Å². The highest BCUT2D eigenvalue weighted by Crippen LogP contribution is 2.24. The maximum Gasteiger partial charge on any atom is 0.165 e. The van der Waals surface area contributed by atoms with Crippen LogP contribution in [-0.4, -0.2) is 5.78 Å². The molecule has 0 fully saturated rings. The van der Waals surface area contributed by atoms with Crippen LogP contribution < -0.4 is 0 Å². The Morgan fingerprint density at radius 2 is 2.06 bits per heavy atom. The molecule has 0 saturated carbocycles. The minimum Gasteiger partial charge on any atom is -0.372 e. The predicted molar refractivity (Wildman–Crippen MR) is 72.6 cm³/mol. The van der Waals surface area contributed by atoms with Crippen LogP contribution in [0.15, 0.2) is 18.2 Å². The van der Waals surface area contributed by atoms with Crippen LogP contribution in [-0.2, 0) is 18.0 Å². The van der Waals surface area contributed by atoms with Crippen LogP contribution in [0.25, 0.3) is 0 Å². The standard InChI is InChI=1S/C16H22O2/c1-3-5-6-12(4-2)16(17)13-7-8-14-10-18-11-15(14)9-13/h7-9,12H,3-6,10-11H2,1-2H3. The minimum absolute atomic E-state index is 0.185. The number of hydrogen-bond acceptors (Lipinski definition) is 2. The van der Waals surface area contributed by atoms with Crippen LogP contribution in [0.5, 0.6) is 0 Å². The molecule has 2 nitrogen and oxygen atoms in total. The smallest absolute Gasteiger partial charge is 0.165 e. The third-order valence-corrected chi connectivity index (χ3v) is 3.78. The molecule has 0 amide bonds. The van der Waals surface area contributed by atoms with E-state index in [9.17, 15) is 4.79 Å². The first-order valence-corrected chi connectivity index (χ1v) is 7.00. The van der Waals surface area contributed by atoms with E-state index in [0.717, 1.165) is 31.2 Å². The predicted octanol–water partition coefficient (Wildman–Crippen LogP) is 4.12. The van der Waals surface area contributed by atoms with Crippen molar-refractivity contribution in [3.05, 3.63) is 34.9 Å². The number of carbonyl (C=O) groups excluding carboxylic acids is 1. The summed E-state index contributed by atoms with van der Waals surface area (Å²) in [7, 11) is 0. The van der Waals surface area contributed by atoms with Gasteiger partial charge >= 0.3 is 0 Å². The van der Waals surface area contributed by atoms with Crippen molar-refractivity contribution in [1.29, 1.82) is 0 Å². The lowest BCUT2D eigenvalue weighted by atomic mass is 9.89. The summed E-state index contributed by atoms with van der Waals surface area (Å²) >= 11 is 0. The zero-order valence-electron chi connectivity index (χ0n) is 11.4.